The highest BCUT2D eigenvalue weighted by molar-refractivity contribution is 5.77. The summed E-state index contributed by atoms with van der Waals surface area (Å²) >= 11 is 0. The standard InChI is InChI=1S/C19H23N7O/c27-19(14-26-21-17-5-1-2-6-18(17)22-26)24-9-10-25-16(13-24)11-15(20-25)12-23-7-3-4-8-23/h1-2,5-6,11H,3-4,7-10,12-14H2. The lowest BCUT2D eigenvalue weighted by Crippen LogP contribution is -2.40. The Labute approximate surface area is 157 Å². The van der Waals surface area contributed by atoms with Crippen LogP contribution in [0.2, 0.25) is 0 Å². The SMILES string of the molecule is O=C(Cn1nc2ccccc2n1)N1CCn2nc(CN3CCCC3)cc2C1. The lowest BCUT2D eigenvalue weighted by Gasteiger charge is -2.27. The smallest absolute Gasteiger partial charge is 0.246 e. The van der Waals surface area contributed by atoms with Crippen LogP contribution in [-0.2, 0) is 31.0 Å². The number of rotatable bonds is 4. The van der Waals surface area contributed by atoms with Gasteiger partial charge in [0.15, 0.2) is 0 Å². The van der Waals surface area contributed by atoms with E-state index in [4.69, 9.17) is 5.10 Å². The molecular weight excluding hydrogens is 342 g/mol. The van der Waals surface area contributed by atoms with Crippen LogP contribution >= 0.6 is 0 Å². The summed E-state index contributed by atoms with van der Waals surface area (Å²) in [5.41, 5.74) is 3.85. The monoisotopic (exact) mass is 365 g/mol. The van der Waals surface area contributed by atoms with E-state index in [2.05, 4.69) is 25.8 Å². The number of amides is 1. The molecule has 2 aromatic heterocycles. The second kappa shape index (κ2) is 6.77. The molecule has 0 unspecified atom stereocenters. The fourth-order valence-corrected chi connectivity index (χ4v) is 3.98. The van der Waals surface area contributed by atoms with Crippen molar-refractivity contribution in [2.45, 2.75) is 39.0 Å². The predicted molar refractivity (Wildman–Crippen MR) is 99.7 cm³/mol. The van der Waals surface area contributed by atoms with Gasteiger partial charge >= 0.3 is 0 Å². The Morgan fingerprint density at radius 1 is 0.963 bits per heavy atom. The van der Waals surface area contributed by atoms with E-state index in [1.165, 1.54) is 17.6 Å². The molecule has 0 aliphatic carbocycles. The van der Waals surface area contributed by atoms with E-state index in [1.807, 2.05) is 29.2 Å². The second-order valence-corrected chi connectivity index (χ2v) is 7.37. The maximum atomic E-state index is 12.7. The first kappa shape index (κ1) is 16.4. The van der Waals surface area contributed by atoms with Crippen LogP contribution < -0.4 is 0 Å². The molecule has 1 amide bonds. The average molecular weight is 365 g/mol. The number of likely N-dealkylation sites (tertiary alicyclic amines) is 1. The van der Waals surface area contributed by atoms with Gasteiger partial charge in [-0.1, -0.05) is 12.1 Å². The Hall–Kier alpha value is -2.74. The largest absolute Gasteiger partial charge is 0.333 e. The van der Waals surface area contributed by atoms with Crippen molar-refractivity contribution in [2.24, 2.45) is 0 Å². The fraction of sp³-hybridized carbons (Fsp3) is 0.474. The molecule has 0 N–H and O–H groups in total. The Morgan fingerprint density at radius 2 is 1.70 bits per heavy atom. The Morgan fingerprint density at radius 3 is 2.44 bits per heavy atom. The van der Waals surface area contributed by atoms with Crippen LogP contribution in [0.4, 0.5) is 0 Å². The molecule has 0 atom stereocenters. The molecule has 2 aliphatic rings. The van der Waals surface area contributed by atoms with Gasteiger partial charge in [-0.2, -0.15) is 20.1 Å². The molecule has 1 fully saturated rings. The highest BCUT2D eigenvalue weighted by Crippen LogP contribution is 2.17. The number of carbonyl (C=O) groups excluding carboxylic acids is 1. The molecule has 2 aliphatic heterocycles. The van der Waals surface area contributed by atoms with Crippen molar-refractivity contribution >= 4 is 16.9 Å². The van der Waals surface area contributed by atoms with Crippen molar-refractivity contribution in [2.75, 3.05) is 19.6 Å². The summed E-state index contributed by atoms with van der Waals surface area (Å²) < 4.78 is 2.05. The summed E-state index contributed by atoms with van der Waals surface area (Å²) in [5, 5.41) is 13.5. The first-order chi connectivity index (χ1) is 13.2. The van der Waals surface area contributed by atoms with E-state index in [1.54, 1.807) is 0 Å². The van der Waals surface area contributed by atoms with Gasteiger partial charge < -0.3 is 4.90 Å². The number of hydrogen-bond acceptors (Lipinski definition) is 5. The van der Waals surface area contributed by atoms with Crippen LogP contribution in [0.3, 0.4) is 0 Å². The van der Waals surface area contributed by atoms with E-state index < -0.39 is 0 Å². The van der Waals surface area contributed by atoms with Gasteiger partial charge in [0.2, 0.25) is 5.91 Å². The van der Waals surface area contributed by atoms with Crippen molar-refractivity contribution in [3.63, 3.8) is 0 Å². The normalized spacial score (nSPS) is 17.6. The van der Waals surface area contributed by atoms with E-state index in [0.29, 0.717) is 13.1 Å². The third-order valence-electron chi connectivity index (χ3n) is 5.39. The lowest BCUT2D eigenvalue weighted by molar-refractivity contribution is -0.133. The topological polar surface area (TPSA) is 72.1 Å². The minimum absolute atomic E-state index is 0.0452. The van der Waals surface area contributed by atoms with Gasteiger partial charge in [-0.25, -0.2) is 0 Å². The molecule has 1 aromatic carbocycles. The minimum atomic E-state index is 0.0452. The van der Waals surface area contributed by atoms with Crippen LogP contribution in [0.15, 0.2) is 30.3 Å². The van der Waals surface area contributed by atoms with Crippen LogP contribution in [0, 0.1) is 0 Å². The molecule has 0 radical (unpaired) electrons. The zero-order valence-electron chi connectivity index (χ0n) is 15.3. The van der Waals surface area contributed by atoms with E-state index >= 15 is 0 Å². The number of aromatic nitrogens is 5. The number of benzene rings is 1. The molecule has 0 bridgehead atoms. The first-order valence-corrected chi connectivity index (χ1v) is 9.60. The van der Waals surface area contributed by atoms with E-state index in [9.17, 15) is 4.79 Å². The van der Waals surface area contributed by atoms with Crippen molar-refractivity contribution < 1.29 is 4.79 Å². The van der Waals surface area contributed by atoms with Crippen molar-refractivity contribution in [1.82, 2.24) is 34.6 Å². The summed E-state index contributed by atoms with van der Waals surface area (Å²) in [6.07, 6.45) is 2.57. The van der Waals surface area contributed by atoms with Crippen LogP contribution in [-0.4, -0.2) is 60.1 Å². The van der Waals surface area contributed by atoms with Crippen LogP contribution in [0.1, 0.15) is 24.2 Å². The summed E-state index contributed by atoms with van der Waals surface area (Å²) in [6.45, 7) is 5.44. The Bertz CT molecular complexity index is 937. The third kappa shape index (κ3) is 3.32. The van der Waals surface area contributed by atoms with E-state index in [-0.39, 0.29) is 12.5 Å². The van der Waals surface area contributed by atoms with Crippen molar-refractivity contribution in [3.8, 4) is 0 Å². The maximum Gasteiger partial charge on any atom is 0.246 e. The summed E-state index contributed by atoms with van der Waals surface area (Å²) in [5.74, 6) is 0.0452. The minimum Gasteiger partial charge on any atom is -0.333 e. The molecule has 0 spiro atoms. The molecule has 1 saturated heterocycles. The first-order valence-electron chi connectivity index (χ1n) is 9.60. The molecule has 27 heavy (non-hydrogen) atoms. The number of hydrogen-bond donors (Lipinski definition) is 0. The highest BCUT2D eigenvalue weighted by Gasteiger charge is 2.24. The van der Waals surface area contributed by atoms with Crippen molar-refractivity contribution in [3.05, 3.63) is 41.7 Å². The summed E-state index contributed by atoms with van der Waals surface area (Å²) in [7, 11) is 0. The Balaban J connectivity index is 1.25. The van der Waals surface area contributed by atoms with Gasteiger partial charge in [-0.05, 0) is 44.1 Å². The average Bonchev–Trinajstić information content (AvgIpc) is 3.39. The Kier molecular flexibility index (Phi) is 4.12. The number of carbonyl (C=O) groups is 1. The molecule has 8 nitrogen and oxygen atoms in total. The molecule has 5 rings (SSSR count). The quantitative estimate of drug-likeness (QED) is 0.696. The molecule has 3 aromatic rings. The maximum absolute atomic E-state index is 12.7. The molecule has 0 saturated carbocycles. The zero-order chi connectivity index (χ0) is 18.2. The third-order valence-corrected chi connectivity index (χ3v) is 5.39. The predicted octanol–water partition coefficient (Wildman–Crippen LogP) is 1.27. The van der Waals surface area contributed by atoms with Gasteiger partial charge in [-0.3, -0.25) is 14.4 Å². The molecule has 8 heteroatoms. The van der Waals surface area contributed by atoms with Gasteiger partial charge in [0.1, 0.15) is 17.6 Å². The fourth-order valence-electron chi connectivity index (χ4n) is 3.98. The molecule has 140 valence electrons. The highest BCUT2D eigenvalue weighted by atomic mass is 16.2. The molecule has 4 heterocycles. The van der Waals surface area contributed by atoms with Crippen LogP contribution in [0.5, 0.6) is 0 Å². The summed E-state index contributed by atoms with van der Waals surface area (Å²) in [6, 6.07) is 9.82. The second-order valence-electron chi connectivity index (χ2n) is 7.37. The van der Waals surface area contributed by atoms with Crippen molar-refractivity contribution in [1.29, 1.82) is 0 Å². The zero-order valence-corrected chi connectivity index (χ0v) is 15.3. The van der Waals surface area contributed by atoms with Gasteiger partial charge in [-0.15, -0.1) is 0 Å². The summed E-state index contributed by atoms with van der Waals surface area (Å²) in [4.78, 5) is 18.6. The lowest BCUT2D eigenvalue weighted by atomic mass is 10.2. The number of fused-ring (bicyclic) bond motifs is 2. The van der Waals surface area contributed by atoms with Gasteiger partial charge in [0.25, 0.3) is 0 Å². The van der Waals surface area contributed by atoms with Crippen LogP contribution in [0.25, 0.3) is 11.0 Å². The molecular formula is C19H23N7O. The van der Waals surface area contributed by atoms with Gasteiger partial charge in [0.05, 0.1) is 24.5 Å². The van der Waals surface area contributed by atoms with E-state index in [0.717, 1.165) is 48.6 Å². The van der Waals surface area contributed by atoms with Gasteiger partial charge in [0, 0.05) is 13.1 Å². The number of nitrogens with zero attached hydrogens (tertiary/aromatic N) is 7.